The van der Waals surface area contributed by atoms with Crippen LogP contribution in [0.3, 0.4) is 0 Å². The van der Waals surface area contributed by atoms with Gasteiger partial charge in [-0.15, -0.1) is 0 Å². The van der Waals surface area contributed by atoms with E-state index < -0.39 is 0 Å². The molecule has 4 nitrogen and oxygen atoms in total. The van der Waals surface area contributed by atoms with Gasteiger partial charge in [-0.2, -0.15) is 0 Å². The molecule has 0 aliphatic carbocycles. The zero-order valence-electron chi connectivity index (χ0n) is 12.3. The van der Waals surface area contributed by atoms with Gasteiger partial charge in [0.15, 0.2) is 0 Å². The second-order valence-electron chi connectivity index (χ2n) is 5.91. The Balaban J connectivity index is 1.75. The van der Waals surface area contributed by atoms with Crippen molar-refractivity contribution in [3.8, 4) is 0 Å². The number of benzene rings is 1. The van der Waals surface area contributed by atoms with E-state index in [2.05, 4.69) is 15.5 Å². The summed E-state index contributed by atoms with van der Waals surface area (Å²) in [6.07, 6.45) is 3.57. The van der Waals surface area contributed by atoms with Crippen LogP contribution in [0.1, 0.15) is 35.2 Å². The molecule has 2 N–H and O–H groups in total. The summed E-state index contributed by atoms with van der Waals surface area (Å²) >= 11 is 0. The molecule has 0 saturated carbocycles. The molecule has 1 amide bonds. The first kappa shape index (κ1) is 13.4. The smallest absolute Gasteiger partial charge is 0.253 e. The Hall–Kier alpha value is -1.55. The Morgan fingerprint density at radius 2 is 2.15 bits per heavy atom. The van der Waals surface area contributed by atoms with Crippen molar-refractivity contribution in [3.05, 3.63) is 29.3 Å². The van der Waals surface area contributed by atoms with Crippen LogP contribution >= 0.6 is 0 Å². The van der Waals surface area contributed by atoms with Gasteiger partial charge in [-0.25, -0.2) is 0 Å². The fraction of sp³-hybridized carbons (Fsp3) is 0.562. The standard InChI is InChI=1S/C16H23N3O/c1-11-5-6-13(17-2)12(10-11)16(20)18-14-7-9-19-8-3-4-15(14)19/h5-6,10,14-15,17H,3-4,7-9H2,1-2H3,(H,18,20). The van der Waals surface area contributed by atoms with Crippen molar-refractivity contribution in [2.45, 2.75) is 38.3 Å². The fourth-order valence-electron chi connectivity index (χ4n) is 3.56. The maximum Gasteiger partial charge on any atom is 0.253 e. The Kier molecular flexibility index (Phi) is 3.66. The lowest BCUT2D eigenvalue weighted by atomic mass is 10.0. The van der Waals surface area contributed by atoms with Gasteiger partial charge >= 0.3 is 0 Å². The van der Waals surface area contributed by atoms with E-state index in [1.54, 1.807) is 0 Å². The second kappa shape index (κ2) is 5.44. The molecule has 2 unspecified atom stereocenters. The van der Waals surface area contributed by atoms with Crippen LogP contribution < -0.4 is 10.6 Å². The molecule has 4 heteroatoms. The Bertz CT molecular complexity index is 514. The SMILES string of the molecule is CNc1ccc(C)cc1C(=O)NC1CCN2CCCC12. The van der Waals surface area contributed by atoms with Gasteiger partial charge in [-0.1, -0.05) is 11.6 Å². The number of carbonyl (C=O) groups is 1. The average Bonchev–Trinajstić information content (AvgIpc) is 3.03. The number of hydrogen-bond acceptors (Lipinski definition) is 3. The minimum atomic E-state index is 0.0526. The van der Waals surface area contributed by atoms with E-state index >= 15 is 0 Å². The van der Waals surface area contributed by atoms with Crippen LogP contribution in [0.5, 0.6) is 0 Å². The van der Waals surface area contributed by atoms with Crippen LogP contribution in [0.4, 0.5) is 5.69 Å². The van der Waals surface area contributed by atoms with Crippen molar-refractivity contribution in [2.24, 2.45) is 0 Å². The Morgan fingerprint density at radius 1 is 1.30 bits per heavy atom. The number of anilines is 1. The maximum atomic E-state index is 12.6. The molecule has 2 aliphatic rings. The molecule has 3 rings (SSSR count). The van der Waals surface area contributed by atoms with Crippen molar-refractivity contribution in [2.75, 3.05) is 25.5 Å². The molecule has 2 atom stereocenters. The molecule has 2 heterocycles. The van der Waals surface area contributed by atoms with Gasteiger partial charge in [-0.3, -0.25) is 9.69 Å². The minimum absolute atomic E-state index is 0.0526. The largest absolute Gasteiger partial charge is 0.387 e. The number of nitrogens with zero attached hydrogens (tertiary/aromatic N) is 1. The van der Waals surface area contributed by atoms with Gasteiger partial charge in [0.05, 0.1) is 5.56 Å². The summed E-state index contributed by atoms with van der Waals surface area (Å²) < 4.78 is 0. The highest BCUT2D eigenvalue weighted by molar-refractivity contribution is 6.00. The van der Waals surface area contributed by atoms with E-state index in [1.807, 2.05) is 32.2 Å². The van der Waals surface area contributed by atoms with E-state index in [4.69, 9.17) is 0 Å². The number of amides is 1. The second-order valence-corrected chi connectivity index (χ2v) is 5.91. The van der Waals surface area contributed by atoms with Crippen molar-refractivity contribution >= 4 is 11.6 Å². The van der Waals surface area contributed by atoms with Crippen molar-refractivity contribution in [1.29, 1.82) is 0 Å². The third kappa shape index (κ3) is 2.40. The van der Waals surface area contributed by atoms with Gasteiger partial charge in [0, 0.05) is 31.4 Å². The summed E-state index contributed by atoms with van der Waals surface area (Å²) in [5.41, 5.74) is 2.77. The predicted molar refractivity (Wildman–Crippen MR) is 81.2 cm³/mol. The monoisotopic (exact) mass is 273 g/mol. The Labute approximate surface area is 120 Å². The first-order valence-corrected chi connectivity index (χ1v) is 7.52. The molecule has 2 fully saturated rings. The highest BCUT2D eigenvalue weighted by Gasteiger charge is 2.37. The summed E-state index contributed by atoms with van der Waals surface area (Å²) in [6, 6.07) is 6.83. The van der Waals surface area contributed by atoms with Crippen molar-refractivity contribution in [1.82, 2.24) is 10.2 Å². The van der Waals surface area contributed by atoms with Gasteiger partial charge < -0.3 is 10.6 Å². The average molecular weight is 273 g/mol. The first-order chi connectivity index (χ1) is 9.69. The molecule has 0 spiro atoms. The minimum Gasteiger partial charge on any atom is -0.387 e. The Morgan fingerprint density at radius 3 is 2.95 bits per heavy atom. The van der Waals surface area contributed by atoms with E-state index in [9.17, 15) is 4.79 Å². The molecule has 108 valence electrons. The van der Waals surface area contributed by atoms with Gasteiger partial charge in [0.25, 0.3) is 5.91 Å². The number of carbonyl (C=O) groups excluding carboxylic acids is 1. The number of fused-ring (bicyclic) bond motifs is 1. The summed E-state index contributed by atoms with van der Waals surface area (Å²) in [5.74, 6) is 0.0526. The quantitative estimate of drug-likeness (QED) is 0.885. The van der Waals surface area contributed by atoms with Crippen molar-refractivity contribution < 1.29 is 4.79 Å². The molecule has 1 aromatic rings. The first-order valence-electron chi connectivity index (χ1n) is 7.52. The molecule has 20 heavy (non-hydrogen) atoms. The number of nitrogens with one attached hydrogen (secondary N) is 2. The van der Waals surface area contributed by atoms with Crippen molar-refractivity contribution in [3.63, 3.8) is 0 Å². The van der Waals surface area contributed by atoms with E-state index in [0.717, 1.165) is 29.8 Å². The molecule has 2 saturated heterocycles. The van der Waals surface area contributed by atoms with Gasteiger partial charge in [0.1, 0.15) is 0 Å². The van der Waals surface area contributed by atoms with Crippen LogP contribution in [-0.4, -0.2) is 43.0 Å². The number of rotatable bonds is 3. The maximum absolute atomic E-state index is 12.6. The van der Waals surface area contributed by atoms with Crippen LogP contribution in [0.15, 0.2) is 18.2 Å². The summed E-state index contributed by atoms with van der Waals surface area (Å²) in [5, 5.41) is 6.35. The third-order valence-electron chi connectivity index (χ3n) is 4.61. The zero-order chi connectivity index (χ0) is 14.1. The molecule has 0 bridgehead atoms. The molecule has 1 aromatic carbocycles. The lowest BCUT2D eigenvalue weighted by molar-refractivity contribution is 0.0930. The van der Waals surface area contributed by atoms with Crippen LogP contribution in [0.25, 0.3) is 0 Å². The van der Waals surface area contributed by atoms with Crippen LogP contribution in [0.2, 0.25) is 0 Å². The van der Waals surface area contributed by atoms with Gasteiger partial charge in [-0.05, 0) is 44.9 Å². The lowest BCUT2D eigenvalue weighted by Gasteiger charge is -2.22. The molecule has 0 radical (unpaired) electrons. The fourth-order valence-corrected chi connectivity index (χ4v) is 3.56. The summed E-state index contributed by atoms with van der Waals surface area (Å²) in [4.78, 5) is 15.1. The molecule has 0 aromatic heterocycles. The highest BCUT2D eigenvalue weighted by Crippen LogP contribution is 2.28. The molecule has 2 aliphatic heterocycles. The lowest BCUT2D eigenvalue weighted by Crippen LogP contribution is -2.42. The topological polar surface area (TPSA) is 44.4 Å². The van der Waals surface area contributed by atoms with Crippen LogP contribution in [0, 0.1) is 6.92 Å². The summed E-state index contributed by atoms with van der Waals surface area (Å²) in [6.45, 7) is 4.34. The van der Waals surface area contributed by atoms with E-state index in [0.29, 0.717) is 12.1 Å². The van der Waals surface area contributed by atoms with Crippen LogP contribution in [-0.2, 0) is 0 Å². The predicted octanol–water partition coefficient (Wildman–Crippen LogP) is 2.00. The third-order valence-corrected chi connectivity index (χ3v) is 4.61. The molecular formula is C16H23N3O. The van der Waals surface area contributed by atoms with E-state index in [1.165, 1.54) is 19.4 Å². The normalized spacial score (nSPS) is 25.5. The highest BCUT2D eigenvalue weighted by atomic mass is 16.1. The van der Waals surface area contributed by atoms with E-state index in [-0.39, 0.29) is 5.91 Å². The number of aryl methyl sites for hydroxylation is 1. The molecular weight excluding hydrogens is 250 g/mol. The number of hydrogen-bond donors (Lipinski definition) is 2. The summed E-state index contributed by atoms with van der Waals surface area (Å²) in [7, 11) is 1.86. The van der Waals surface area contributed by atoms with Gasteiger partial charge in [0.2, 0.25) is 0 Å². The zero-order valence-corrected chi connectivity index (χ0v) is 12.3.